The molecule has 0 bridgehead atoms. The second kappa shape index (κ2) is 8.00. The molecule has 8 nitrogen and oxygen atoms in total. The van der Waals surface area contributed by atoms with Crippen LogP contribution in [0.15, 0.2) is 48.7 Å². The molecule has 2 amide bonds. The number of nitro benzene ring substituents is 1. The summed E-state index contributed by atoms with van der Waals surface area (Å²) in [6, 6.07) is 9.58. The molecule has 130 valence electrons. The molecule has 0 saturated heterocycles. The molecule has 25 heavy (non-hydrogen) atoms. The molecule has 1 aromatic carbocycles. The Kier molecular flexibility index (Phi) is 5.78. The highest BCUT2D eigenvalue weighted by Crippen LogP contribution is 2.13. The monoisotopic (exact) mass is 342 g/mol. The van der Waals surface area contributed by atoms with Gasteiger partial charge < -0.3 is 10.6 Å². The van der Waals surface area contributed by atoms with Crippen molar-refractivity contribution in [3.8, 4) is 0 Å². The van der Waals surface area contributed by atoms with Crippen molar-refractivity contribution in [2.45, 2.75) is 25.9 Å². The summed E-state index contributed by atoms with van der Waals surface area (Å²) < 4.78 is 0. The van der Waals surface area contributed by atoms with Crippen molar-refractivity contribution < 1.29 is 14.5 Å². The Morgan fingerprint density at radius 2 is 1.88 bits per heavy atom. The number of benzene rings is 1. The van der Waals surface area contributed by atoms with Gasteiger partial charge in [-0.2, -0.15) is 0 Å². The maximum Gasteiger partial charge on any atom is 0.270 e. The van der Waals surface area contributed by atoms with E-state index in [0.29, 0.717) is 5.69 Å². The molecular weight excluding hydrogens is 324 g/mol. The van der Waals surface area contributed by atoms with Gasteiger partial charge in [0, 0.05) is 23.9 Å². The molecule has 0 spiro atoms. The zero-order valence-corrected chi connectivity index (χ0v) is 13.8. The quantitative estimate of drug-likeness (QED) is 0.615. The highest BCUT2D eigenvalue weighted by Gasteiger charge is 2.20. The van der Waals surface area contributed by atoms with Crippen molar-refractivity contribution in [2.24, 2.45) is 0 Å². The summed E-state index contributed by atoms with van der Waals surface area (Å²) in [6.45, 7) is 3.32. The maximum absolute atomic E-state index is 12.2. The highest BCUT2D eigenvalue weighted by molar-refractivity contribution is 5.97. The summed E-state index contributed by atoms with van der Waals surface area (Å²) >= 11 is 0. The van der Waals surface area contributed by atoms with Gasteiger partial charge in [-0.05, 0) is 32.0 Å². The topological polar surface area (TPSA) is 114 Å². The van der Waals surface area contributed by atoms with Crippen LogP contribution in [0.4, 0.5) is 5.69 Å². The number of carbonyl (C=O) groups excluding carboxylic acids is 2. The van der Waals surface area contributed by atoms with Crippen LogP contribution in [0.25, 0.3) is 0 Å². The second-order valence-electron chi connectivity index (χ2n) is 5.49. The Morgan fingerprint density at radius 1 is 1.12 bits per heavy atom. The molecular formula is C17H18N4O4. The molecule has 0 aliphatic rings. The van der Waals surface area contributed by atoms with Crippen LogP contribution < -0.4 is 10.6 Å². The van der Waals surface area contributed by atoms with Gasteiger partial charge in [0.2, 0.25) is 5.91 Å². The second-order valence-corrected chi connectivity index (χ2v) is 5.49. The maximum atomic E-state index is 12.2. The molecule has 0 radical (unpaired) electrons. The van der Waals surface area contributed by atoms with E-state index in [9.17, 15) is 19.7 Å². The molecule has 2 rings (SSSR count). The number of nitrogens with zero attached hydrogens (tertiary/aromatic N) is 2. The standard InChI is InChI=1S/C17H18N4O4/c1-11(15-8-3-4-9-18-15)19-16(22)12(2)20-17(23)13-6-5-7-14(10-13)21(24)25/h3-12H,1-2H3,(H,19,22)(H,20,23). The molecule has 2 aromatic rings. The van der Waals surface area contributed by atoms with Gasteiger partial charge in [-0.1, -0.05) is 12.1 Å². The van der Waals surface area contributed by atoms with E-state index in [0.717, 1.165) is 6.07 Å². The third-order valence-electron chi connectivity index (χ3n) is 3.55. The number of aromatic nitrogens is 1. The van der Waals surface area contributed by atoms with Crippen molar-refractivity contribution in [1.29, 1.82) is 0 Å². The number of nitro groups is 1. The summed E-state index contributed by atoms with van der Waals surface area (Å²) in [5.74, 6) is -0.936. The number of non-ortho nitro benzene ring substituents is 1. The third-order valence-corrected chi connectivity index (χ3v) is 3.55. The molecule has 2 unspecified atom stereocenters. The first-order chi connectivity index (χ1) is 11.9. The van der Waals surface area contributed by atoms with E-state index < -0.39 is 16.9 Å². The van der Waals surface area contributed by atoms with E-state index in [1.165, 1.54) is 25.1 Å². The van der Waals surface area contributed by atoms with Gasteiger partial charge in [0.15, 0.2) is 0 Å². The van der Waals surface area contributed by atoms with Gasteiger partial charge >= 0.3 is 0 Å². The number of rotatable bonds is 6. The molecule has 0 saturated carbocycles. The molecule has 1 heterocycles. The summed E-state index contributed by atoms with van der Waals surface area (Å²) in [5, 5.41) is 16.0. The van der Waals surface area contributed by atoms with Crippen molar-refractivity contribution in [1.82, 2.24) is 15.6 Å². The average molecular weight is 342 g/mol. The van der Waals surface area contributed by atoms with Gasteiger partial charge in [0.1, 0.15) is 6.04 Å². The number of amides is 2. The lowest BCUT2D eigenvalue weighted by atomic mass is 10.1. The number of hydrogen-bond donors (Lipinski definition) is 2. The van der Waals surface area contributed by atoms with Crippen LogP contribution in [0.3, 0.4) is 0 Å². The van der Waals surface area contributed by atoms with Crippen LogP contribution >= 0.6 is 0 Å². The largest absolute Gasteiger partial charge is 0.346 e. The van der Waals surface area contributed by atoms with Crippen LogP contribution in [0, 0.1) is 10.1 Å². The van der Waals surface area contributed by atoms with Crippen molar-refractivity contribution in [3.05, 3.63) is 70.0 Å². The Balaban J connectivity index is 1.97. The van der Waals surface area contributed by atoms with E-state index in [1.54, 1.807) is 25.3 Å². The van der Waals surface area contributed by atoms with Crippen LogP contribution in [0.1, 0.15) is 35.9 Å². The Hall–Kier alpha value is -3.29. The number of hydrogen-bond acceptors (Lipinski definition) is 5. The van der Waals surface area contributed by atoms with E-state index in [4.69, 9.17) is 0 Å². The average Bonchev–Trinajstić information content (AvgIpc) is 2.62. The normalized spacial score (nSPS) is 12.7. The van der Waals surface area contributed by atoms with E-state index in [-0.39, 0.29) is 23.2 Å². The minimum absolute atomic E-state index is 0.117. The molecule has 0 fully saturated rings. The number of nitrogens with one attached hydrogen (secondary N) is 2. The van der Waals surface area contributed by atoms with Gasteiger partial charge in [-0.25, -0.2) is 0 Å². The fourth-order valence-electron chi connectivity index (χ4n) is 2.15. The minimum atomic E-state index is -0.807. The lowest BCUT2D eigenvalue weighted by Crippen LogP contribution is -2.45. The van der Waals surface area contributed by atoms with Gasteiger partial charge in [-0.3, -0.25) is 24.7 Å². The van der Waals surface area contributed by atoms with Crippen LogP contribution in [0.5, 0.6) is 0 Å². The first-order valence-electron chi connectivity index (χ1n) is 7.65. The predicted octanol–water partition coefficient (Wildman–Crippen LogP) is 1.99. The summed E-state index contributed by atoms with van der Waals surface area (Å²) in [5.41, 5.74) is 0.633. The molecule has 2 N–H and O–H groups in total. The zero-order valence-electron chi connectivity index (χ0n) is 13.8. The first-order valence-corrected chi connectivity index (χ1v) is 7.65. The Morgan fingerprint density at radius 3 is 2.52 bits per heavy atom. The molecule has 2 atom stereocenters. The van der Waals surface area contributed by atoms with Crippen molar-refractivity contribution in [3.63, 3.8) is 0 Å². The predicted molar refractivity (Wildman–Crippen MR) is 90.8 cm³/mol. The SMILES string of the molecule is CC(NC(=O)c1cccc([N+](=O)[O-])c1)C(=O)NC(C)c1ccccn1. The highest BCUT2D eigenvalue weighted by atomic mass is 16.6. The minimum Gasteiger partial charge on any atom is -0.346 e. The van der Waals surface area contributed by atoms with E-state index in [1.807, 2.05) is 6.07 Å². The van der Waals surface area contributed by atoms with Gasteiger partial charge in [0.05, 0.1) is 16.7 Å². The van der Waals surface area contributed by atoms with Crippen molar-refractivity contribution >= 4 is 17.5 Å². The fourth-order valence-corrected chi connectivity index (χ4v) is 2.15. The smallest absolute Gasteiger partial charge is 0.270 e. The molecule has 0 aliphatic carbocycles. The van der Waals surface area contributed by atoms with Crippen molar-refractivity contribution in [2.75, 3.05) is 0 Å². The molecule has 8 heteroatoms. The van der Waals surface area contributed by atoms with Gasteiger partial charge in [-0.15, -0.1) is 0 Å². The summed E-state index contributed by atoms with van der Waals surface area (Å²) in [4.78, 5) is 38.7. The number of pyridine rings is 1. The van der Waals surface area contributed by atoms with Gasteiger partial charge in [0.25, 0.3) is 11.6 Å². The Labute approximate surface area is 144 Å². The zero-order chi connectivity index (χ0) is 18.4. The number of carbonyl (C=O) groups is 2. The van der Waals surface area contributed by atoms with E-state index in [2.05, 4.69) is 15.6 Å². The van der Waals surface area contributed by atoms with Crippen LogP contribution in [0.2, 0.25) is 0 Å². The summed E-state index contributed by atoms with van der Waals surface area (Å²) in [7, 11) is 0. The first kappa shape index (κ1) is 18.1. The summed E-state index contributed by atoms with van der Waals surface area (Å²) in [6.07, 6.45) is 1.63. The third kappa shape index (κ3) is 4.84. The molecule has 0 aliphatic heterocycles. The Bertz CT molecular complexity index is 779. The fraction of sp³-hybridized carbons (Fsp3) is 0.235. The van der Waals surface area contributed by atoms with Crippen LogP contribution in [-0.4, -0.2) is 27.8 Å². The lowest BCUT2D eigenvalue weighted by Gasteiger charge is -2.18. The van der Waals surface area contributed by atoms with E-state index >= 15 is 0 Å². The molecule has 1 aromatic heterocycles. The lowest BCUT2D eigenvalue weighted by molar-refractivity contribution is -0.384. The van der Waals surface area contributed by atoms with Crippen LogP contribution in [-0.2, 0) is 4.79 Å².